The summed E-state index contributed by atoms with van der Waals surface area (Å²) in [6, 6.07) is 24.8. The molecule has 18 nitrogen and oxygen atoms in total. The molecule has 2 unspecified atom stereocenters. The number of rotatable bonds is 20. The van der Waals surface area contributed by atoms with Gasteiger partial charge in [-0.25, -0.2) is 26.5 Å². The van der Waals surface area contributed by atoms with Gasteiger partial charge in [0.25, 0.3) is 31.7 Å². The minimum absolute atomic E-state index is 0.0428. The van der Waals surface area contributed by atoms with Crippen molar-refractivity contribution >= 4 is 101 Å². The van der Waals surface area contributed by atoms with Gasteiger partial charge in [-0.1, -0.05) is 72.7 Å². The molecular weight excluding hydrogens is 1280 g/mol. The number of sulfonamides is 1. The van der Waals surface area contributed by atoms with E-state index >= 15 is 0 Å². The number of fused-ring (bicyclic) bond motifs is 4. The van der Waals surface area contributed by atoms with Crippen LogP contribution in [0.3, 0.4) is 0 Å². The van der Waals surface area contributed by atoms with Gasteiger partial charge in [-0.15, -0.1) is 11.8 Å². The fraction of sp³-hybridized carbons (Fsp3) is 0.500. The van der Waals surface area contributed by atoms with Gasteiger partial charge in [0.1, 0.15) is 22.4 Å². The number of benzene rings is 4. The molecule has 0 spiro atoms. The zero-order valence-electron chi connectivity index (χ0n) is 51.7. The molecule has 4 aromatic carbocycles. The first-order chi connectivity index (χ1) is 43.9. The van der Waals surface area contributed by atoms with Gasteiger partial charge in [-0.2, -0.15) is 13.2 Å². The molecule has 7 heterocycles. The van der Waals surface area contributed by atoms with Gasteiger partial charge >= 0.3 is 5.51 Å². The maximum atomic E-state index is 14.6. The fourth-order valence-corrected chi connectivity index (χ4v) is 18.6. The molecule has 5 aromatic rings. The van der Waals surface area contributed by atoms with E-state index in [1.165, 1.54) is 39.8 Å². The number of aryl methyl sites for hydroxylation is 1. The van der Waals surface area contributed by atoms with E-state index < -0.39 is 58.3 Å². The van der Waals surface area contributed by atoms with Crippen molar-refractivity contribution in [2.75, 3.05) is 106 Å². The summed E-state index contributed by atoms with van der Waals surface area (Å²) < 4.78 is 101. The summed E-state index contributed by atoms with van der Waals surface area (Å²) in [4.78, 5) is 69.3. The number of carbonyl (C=O) groups excluding carboxylic acids is 4. The standard InChI is InChI=1S/C66H78ClF3N10O8S4/c1-64(2)23-18-54(45-8-12-49(67)13-9-45)48(36-64)38-77-30-33-79-51(39-77)14-10-46-34-47(11-17-56(46)79)61(83)74-92(87,88)53-15-16-55(58(35-53)91(85,86)66(68,69)70)72-50(41-89-52-6-4-3-5-7-52)22-27-75-25-20-44(21-26-75)37-76-28-31-78(32-29-76)63-73-60-57(90-63)40-80(62(60)84)65(43-81)24-19-59(82)71-42-65/h3-9,11-13,15-17,34-35,43-44,50-51,72H,10,14,18-33,36-42H2,1-2H3,(H,71,82)(H,74,83)/t50-,51?,65?/m1/s1. The third-order valence-electron chi connectivity index (χ3n) is 19.6. The average Bonchev–Trinajstić information content (AvgIpc) is 1.31. The van der Waals surface area contributed by atoms with Crippen LogP contribution in [-0.2, 0) is 42.4 Å². The molecule has 92 heavy (non-hydrogen) atoms. The van der Waals surface area contributed by atoms with Gasteiger partial charge in [-0.3, -0.25) is 24.2 Å². The van der Waals surface area contributed by atoms with Crippen molar-refractivity contribution in [3.8, 4) is 0 Å². The highest BCUT2D eigenvalue weighted by Gasteiger charge is 2.50. The lowest BCUT2D eigenvalue weighted by Gasteiger charge is -2.47. The van der Waals surface area contributed by atoms with Crippen molar-refractivity contribution in [1.82, 2.24) is 34.6 Å². The maximum absolute atomic E-state index is 14.6. The summed E-state index contributed by atoms with van der Waals surface area (Å²) in [5, 5.41) is 7.33. The number of hydrogen-bond donors (Lipinski definition) is 3. The molecule has 7 aliphatic rings. The second kappa shape index (κ2) is 27.0. The Morgan fingerprint density at radius 3 is 2.33 bits per heavy atom. The molecule has 4 fully saturated rings. The van der Waals surface area contributed by atoms with Crippen molar-refractivity contribution in [1.29, 1.82) is 0 Å². The van der Waals surface area contributed by atoms with E-state index in [9.17, 15) is 49.2 Å². The molecule has 26 heteroatoms. The largest absolute Gasteiger partial charge is 0.501 e. The van der Waals surface area contributed by atoms with E-state index in [-0.39, 0.29) is 54.8 Å². The topological polar surface area (TPSA) is 205 Å². The highest BCUT2D eigenvalue weighted by atomic mass is 35.5. The third-order valence-corrected chi connectivity index (χ3v) is 25.0. The van der Waals surface area contributed by atoms with Gasteiger partial charge in [0.2, 0.25) is 5.91 Å². The Hall–Kier alpha value is -6.06. The van der Waals surface area contributed by atoms with Crippen LogP contribution in [0.25, 0.3) is 5.57 Å². The van der Waals surface area contributed by atoms with Crippen molar-refractivity contribution in [2.45, 2.75) is 122 Å². The predicted octanol–water partition coefficient (Wildman–Crippen LogP) is 9.61. The van der Waals surface area contributed by atoms with Crippen LogP contribution < -0.4 is 25.2 Å². The molecule has 3 N–H and O–H groups in total. The normalized spacial score (nSPS) is 22.4. The van der Waals surface area contributed by atoms with E-state index in [0.717, 1.165) is 155 Å². The van der Waals surface area contributed by atoms with Gasteiger partial charge in [0, 0.05) is 117 Å². The summed E-state index contributed by atoms with van der Waals surface area (Å²) >= 11 is 9.19. The lowest BCUT2D eigenvalue weighted by molar-refractivity contribution is -0.128. The van der Waals surface area contributed by atoms with Crippen LogP contribution in [0, 0.1) is 11.3 Å². The molecule has 0 bridgehead atoms. The lowest BCUT2D eigenvalue weighted by atomic mass is 9.72. The number of anilines is 3. The number of hydrogen-bond acceptors (Lipinski definition) is 17. The first-order valence-corrected chi connectivity index (χ1v) is 36.9. The molecule has 6 aliphatic heterocycles. The van der Waals surface area contributed by atoms with E-state index in [1.807, 2.05) is 53.3 Å². The summed E-state index contributed by atoms with van der Waals surface area (Å²) in [5.74, 6) is -0.645. The number of halogens is 4. The van der Waals surface area contributed by atoms with Crippen molar-refractivity contribution in [3.05, 3.63) is 129 Å². The number of piperidine rings is 2. The Kier molecular flexibility index (Phi) is 19.3. The number of thioether (sulfide) groups is 1. The number of thiazole rings is 1. The first-order valence-electron chi connectivity index (χ1n) is 31.7. The van der Waals surface area contributed by atoms with E-state index in [1.54, 1.807) is 17.0 Å². The Labute approximate surface area is 549 Å². The zero-order chi connectivity index (χ0) is 64.7. The minimum Gasteiger partial charge on any atom is -0.380 e. The number of nitrogens with one attached hydrogen (secondary N) is 3. The number of carbonyl (C=O) groups is 4. The van der Waals surface area contributed by atoms with Crippen LogP contribution in [0.1, 0.15) is 108 Å². The Balaban J connectivity index is 0.658. The van der Waals surface area contributed by atoms with Gasteiger partial charge in [0.05, 0.1) is 22.0 Å². The molecule has 492 valence electrons. The van der Waals surface area contributed by atoms with Crippen LogP contribution in [0.15, 0.2) is 111 Å². The molecule has 1 aliphatic carbocycles. The number of allylic oxidation sites excluding steroid dienone is 1. The van der Waals surface area contributed by atoms with Crippen molar-refractivity contribution in [3.63, 3.8) is 0 Å². The van der Waals surface area contributed by atoms with Crippen LogP contribution >= 0.6 is 34.7 Å². The number of alkyl halides is 3. The number of aldehydes is 1. The van der Waals surface area contributed by atoms with Crippen molar-refractivity contribution in [2.24, 2.45) is 11.3 Å². The summed E-state index contributed by atoms with van der Waals surface area (Å²) in [7, 11) is -11.0. The zero-order valence-corrected chi connectivity index (χ0v) is 55.7. The molecule has 1 aromatic heterocycles. The van der Waals surface area contributed by atoms with E-state index in [0.29, 0.717) is 47.8 Å². The molecule has 0 saturated carbocycles. The molecule has 0 radical (unpaired) electrons. The average molecular weight is 1360 g/mol. The Bertz CT molecular complexity index is 3850. The Morgan fingerprint density at radius 1 is 0.870 bits per heavy atom. The monoisotopic (exact) mass is 1360 g/mol. The van der Waals surface area contributed by atoms with Crippen LogP contribution in [-0.4, -0.2) is 179 Å². The van der Waals surface area contributed by atoms with E-state index in [2.05, 4.69) is 61.1 Å². The van der Waals surface area contributed by atoms with Gasteiger partial charge < -0.3 is 35.0 Å². The summed E-state index contributed by atoms with van der Waals surface area (Å²) in [6.07, 6.45) is 8.11. The highest BCUT2D eigenvalue weighted by Crippen LogP contribution is 2.45. The molecule has 3 amide bonds. The predicted molar refractivity (Wildman–Crippen MR) is 353 cm³/mol. The minimum atomic E-state index is -6.13. The molecule has 3 atom stereocenters. The first kappa shape index (κ1) is 66.0. The molecular formula is C66H78ClF3N10O8S4. The van der Waals surface area contributed by atoms with E-state index in [4.69, 9.17) is 16.6 Å². The van der Waals surface area contributed by atoms with Gasteiger partial charge in [0.15, 0.2) is 5.13 Å². The number of likely N-dealkylation sites (tertiary alicyclic amines) is 1. The molecule has 12 rings (SSSR count). The quantitative estimate of drug-likeness (QED) is 0.0490. The number of piperazine rings is 2. The Morgan fingerprint density at radius 2 is 1.62 bits per heavy atom. The summed E-state index contributed by atoms with van der Waals surface area (Å²) in [5.41, 5.74) is -0.720. The summed E-state index contributed by atoms with van der Waals surface area (Å²) in [6.45, 7) is 14.5. The number of nitrogens with zero attached hydrogens (tertiary/aromatic N) is 7. The number of aromatic nitrogens is 1. The number of amides is 3. The fourth-order valence-electron chi connectivity index (χ4n) is 14.3. The second-order valence-corrected chi connectivity index (χ2v) is 32.6. The van der Waals surface area contributed by atoms with Crippen LogP contribution in [0.5, 0.6) is 0 Å². The van der Waals surface area contributed by atoms with Crippen LogP contribution in [0.2, 0.25) is 5.02 Å². The molecule has 4 saturated heterocycles. The maximum Gasteiger partial charge on any atom is 0.501 e. The smallest absolute Gasteiger partial charge is 0.380 e. The van der Waals surface area contributed by atoms with Gasteiger partial charge in [-0.05, 0) is 160 Å². The second-order valence-electron chi connectivity index (χ2n) is 26.4. The van der Waals surface area contributed by atoms with Crippen LogP contribution in [0.4, 0.5) is 29.7 Å². The van der Waals surface area contributed by atoms with Crippen molar-refractivity contribution < 1.29 is 49.2 Å². The highest BCUT2D eigenvalue weighted by molar-refractivity contribution is 7.99. The SMILES string of the molecule is CC1(C)CCC(c2ccc(Cl)cc2)=C(CN2CCN3c4ccc(C(=O)NS(=O)(=O)c5ccc(N[C@H](CCN6CCC(CN7CCN(c8nc9c(s8)CN(C8(C=O)CCC(=O)NC8)C9=O)CC7)CC6)CSc6ccccc6)c(S(=O)(=O)C(F)(F)F)c5)cc4CCC3C2)C1. The third kappa shape index (κ3) is 14.4. The lowest BCUT2D eigenvalue weighted by Crippen LogP contribution is -2.60. The number of sulfone groups is 1.